The van der Waals surface area contributed by atoms with E-state index in [1.807, 2.05) is 43.3 Å². The maximum Gasteiger partial charge on any atom is 0.325 e. The lowest BCUT2D eigenvalue weighted by Gasteiger charge is -2.35. The molecule has 11 heteroatoms. The fourth-order valence-corrected chi connectivity index (χ4v) is 4.27. The lowest BCUT2D eigenvalue weighted by atomic mass is 9.84. The number of benzene rings is 2. The lowest BCUT2D eigenvalue weighted by molar-refractivity contribution is -0.131. The van der Waals surface area contributed by atoms with Crippen LogP contribution in [0.15, 0.2) is 60.9 Å². The summed E-state index contributed by atoms with van der Waals surface area (Å²) in [5.74, 6) is -1.72. The fourth-order valence-electron chi connectivity index (χ4n) is 4.27. The van der Waals surface area contributed by atoms with Crippen LogP contribution < -0.4 is 20.3 Å². The Hall–Kier alpha value is -4.54. The Morgan fingerprint density at radius 1 is 1.08 bits per heavy atom. The zero-order valence-corrected chi connectivity index (χ0v) is 20.7. The van der Waals surface area contributed by atoms with Crippen LogP contribution in [0.25, 0.3) is 0 Å². The second kappa shape index (κ2) is 10.6. The van der Waals surface area contributed by atoms with Crippen molar-refractivity contribution in [1.82, 2.24) is 20.2 Å². The topological polar surface area (TPSA) is 117 Å². The van der Waals surface area contributed by atoms with Crippen LogP contribution in [0.3, 0.4) is 0 Å². The zero-order valence-electron chi connectivity index (χ0n) is 20.7. The number of carbonyl (C=O) groups is 3. The summed E-state index contributed by atoms with van der Waals surface area (Å²) in [6.07, 6.45) is 2.76. The van der Waals surface area contributed by atoms with Crippen LogP contribution in [0.2, 0.25) is 0 Å². The highest BCUT2D eigenvalue weighted by atomic mass is 19.1. The van der Waals surface area contributed by atoms with Crippen LogP contribution in [-0.4, -0.2) is 60.5 Å². The summed E-state index contributed by atoms with van der Waals surface area (Å²) in [6, 6.07) is 12.5. The first-order chi connectivity index (χ1) is 17.7. The standard InChI is InChI=1S/C26H27FN6O4/c1-32(2)21-10-4-17(5-11-21)12-13-33-25(36)31-23(35)26(33,18-6-8-19(27)9-7-18)14-22(34)30-20-15-28-24(37-3)29-16-20/h4-11,15-16H,12-14H2,1-3H3,(H,30,34)(H,31,35,36). The molecule has 1 saturated heterocycles. The Kier molecular flexibility index (Phi) is 7.32. The van der Waals surface area contributed by atoms with E-state index in [-0.39, 0.29) is 18.2 Å². The molecule has 1 atom stereocenters. The van der Waals surface area contributed by atoms with Gasteiger partial charge in [-0.05, 0) is 41.8 Å². The van der Waals surface area contributed by atoms with E-state index in [1.165, 1.54) is 48.7 Å². The molecule has 2 heterocycles. The molecular weight excluding hydrogens is 479 g/mol. The maximum absolute atomic E-state index is 13.8. The van der Waals surface area contributed by atoms with Crippen LogP contribution in [-0.2, 0) is 21.5 Å². The summed E-state index contributed by atoms with van der Waals surface area (Å²) >= 11 is 0. The molecule has 0 saturated carbocycles. The molecule has 192 valence electrons. The molecule has 0 aliphatic carbocycles. The fraction of sp³-hybridized carbons (Fsp3) is 0.269. The van der Waals surface area contributed by atoms with E-state index >= 15 is 0 Å². The van der Waals surface area contributed by atoms with Crippen molar-refractivity contribution in [2.24, 2.45) is 0 Å². The molecule has 4 amide bonds. The van der Waals surface area contributed by atoms with Crippen molar-refractivity contribution >= 4 is 29.2 Å². The van der Waals surface area contributed by atoms with Crippen molar-refractivity contribution in [3.05, 3.63) is 77.9 Å². The van der Waals surface area contributed by atoms with Crippen molar-refractivity contribution in [3.63, 3.8) is 0 Å². The third-order valence-corrected chi connectivity index (χ3v) is 6.21. The van der Waals surface area contributed by atoms with Gasteiger partial charge in [0.2, 0.25) is 5.91 Å². The summed E-state index contributed by atoms with van der Waals surface area (Å²) in [5.41, 5.74) is 0.910. The lowest BCUT2D eigenvalue weighted by Crippen LogP contribution is -2.50. The number of urea groups is 1. The van der Waals surface area contributed by atoms with Gasteiger partial charge in [0.05, 0.1) is 31.6 Å². The minimum absolute atomic E-state index is 0.131. The third kappa shape index (κ3) is 5.35. The number of hydrogen-bond donors (Lipinski definition) is 2. The van der Waals surface area contributed by atoms with Gasteiger partial charge in [0.25, 0.3) is 5.91 Å². The van der Waals surface area contributed by atoms with Crippen molar-refractivity contribution < 1.29 is 23.5 Å². The van der Waals surface area contributed by atoms with Gasteiger partial charge in [0.1, 0.15) is 5.82 Å². The van der Waals surface area contributed by atoms with E-state index in [4.69, 9.17) is 4.74 Å². The molecule has 0 bridgehead atoms. The van der Waals surface area contributed by atoms with Crippen molar-refractivity contribution in [3.8, 4) is 6.01 Å². The van der Waals surface area contributed by atoms with Gasteiger partial charge >= 0.3 is 12.0 Å². The van der Waals surface area contributed by atoms with E-state index in [0.29, 0.717) is 12.0 Å². The van der Waals surface area contributed by atoms with E-state index in [1.54, 1.807) is 0 Å². The van der Waals surface area contributed by atoms with Crippen molar-refractivity contribution in [2.75, 3.05) is 38.0 Å². The number of anilines is 2. The number of rotatable bonds is 9. The van der Waals surface area contributed by atoms with Gasteiger partial charge in [-0.1, -0.05) is 24.3 Å². The first-order valence-electron chi connectivity index (χ1n) is 11.5. The smallest absolute Gasteiger partial charge is 0.325 e. The first-order valence-corrected chi connectivity index (χ1v) is 11.5. The number of amides is 4. The number of halogens is 1. The number of imide groups is 1. The van der Waals surface area contributed by atoms with Gasteiger partial charge in [-0.25, -0.2) is 19.2 Å². The first kappa shape index (κ1) is 25.5. The number of nitrogens with zero attached hydrogens (tertiary/aromatic N) is 4. The van der Waals surface area contributed by atoms with Gasteiger partial charge in [0, 0.05) is 26.3 Å². The molecular formula is C26H27FN6O4. The quantitative estimate of drug-likeness (QED) is 0.429. The van der Waals surface area contributed by atoms with E-state index in [9.17, 15) is 18.8 Å². The number of ether oxygens (including phenoxy) is 1. The molecule has 1 aliphatic heterocycles. The monoisotopic (exact) mass is 506 g/mol. The summed E-state index contributed by atoms with van der Waals surface area (Å²) in [5, 5.41) is 5.00. The number of hydrogen-bond acceptors (Lipinski definition) is 7. The van der Waals surface area contributed by atoms with Gasteiger partial charge < -0.3 is 19.9 Å². The van der Waals surface area contributed by atoms with Crippen LogP contribution in [0.5, 0.6) is 6.01 Å². The Morgan fingerprint density at radius 3 is 2.32 bits per heavy atom. The highest BCUT2D eigenvalue weighted by Gasteiger charge is 2.55. The molecule has 1 aliphatic rings. The SMILES string of the molecule is COc1ncc(NC(=O)CC2(c3ccc(F)cc3)C(=O)NC(=O)N2CCc2ccc(N(C)C)cc2)cn1. The molecule has 10 nitrogen and oxygen atoms in total. The van der Waals surface area contributed by atoms with E-state index in [2.05, 4.69) is 20.6 Å². The molecule has 0 spiro atoms. The summed E-state index contributed by atoms with van der Waals surface area (Å²) in [7, 11) is 5.30. The van der Waals surface area contributed by atoms with Crippen LogP contribution in [0.4, 0.5) is 20.6 Å². The largest absolute Gasteiger partial charge is 0.467 e. The second-order valence-electron chi connectivity index (χ2n) is 8.77. The minimum Gasteiger partial charge on any atom is -0.467 e. The average molecular weight is 507 g/mol. The van der Waals surface area contributed by atoms with Crippen LogP contribution in [0.1, 0.15) is 17.5 Å². The molecule has 37 heavy (non-hydrogen) atoms. The van der Waals surface area contributed by atoms with Gasteiger partial charge in [-0.3, -0.25) is 14.9 Å². The Morgan fingerprint density at radius 2 is 1.73 bits per heavy atom. The number of methoxy groups -OCH3 is 1. The van der Waals surface area contributed by atoms with Gasteiger partial charge in [-0.15, -0.1) is 0 Å². The second-order valence-corrected chi connectivity index (χ2v) is 8.77. The van der Waals surface area contributed by atoms with Crippen molar-refractivity contribution in [1.29, 1.82) is 0 Å². The van der Waals surface area contributed by atoms with Gasteiger partial charge in [0.15, 0.2) is 5.54 Å². The van der Waals surface area contributed by atoms with Crippen LogP contribution >= 0.6 is 0 Å². The molecule has 4 rings (SSSR count). The Bertz CT molecular complexity index is 1280. The van der Waals surface area contributed by atoms with E-state index < -0.39 is 35.6 Å². The number of carbonyl (C=O) groups excluding carboxylic acids is 3. The molecule has 2 N–H and O–H groups in total. The maximum atomic E-state index is 13.8. The molecule has 0 radical (unpaired) electrons. The molecule has 1 fully saturated rings. The Balaban J connectivity index is 1.63. The van der Waals surface area contributed by atoms with E-state index in [0.717, 1.165) is 11.3 Å². The molecule has 3 aromatic rings. The molecule has 1 unspecified atom stereocenters. The average Bonchev–Trinajstić information content (AvgIpc) is 3.12. The Labute approximate surface area is 213 Å². The minimum atomic E-state index is -1.67. The summed E-state index contributed by atoms with van der Waals surface area (Å²) in [6.45, 7) is 0.148. The number of nitrogens with one attached hydrogen (secondary N) is 2. The highest BCUT2D eigenvalue weighted by molar-refractivity contribution is 6.10. The predicted molar refractivity (Wildman–Crippen MR) is 135 cm³/mol. The summed E-state index contributed by atoms with van der Waals surface area (Å²) in [4.78, 5) is 50.6. The molecule has 1 aromatic heterocycles. The normalized spacial score (nSPS) is 16.9. The predicted octanol–water partition coefficient (Wildman–Crippen LogP) is 2.71. The number of aromatic nitrogens is 2. The zero-order chi connectivity index (χ0) is 26.6. The highest BCUT2D eigenvalue weighted by Crippen LogP contribution is 2.37. The third-order valence-electron chi connectivity index (χ3n) is 6.21. The summed E-state index contributed by atoms with van der Waals surface area (Å²) < 4.78 is 18.7. The van der Waals surface area contributed by atoms with Crippen LogP contribution in [0, 0.1) is 5.82 Å². The van der Waals surface area contributed by atoms with Gasteiger partial charge in [-0.2, -0.15) is 0 Å². The molecule has 2 aromatic carbocycles. The van der Waals surface area contributed by atoms with Crippen molar-refractivity contribution in [2.45, 2.75) is 18.4 Å².